The average Bonchev–Trinajstić information content (AvgIpc) is 2.46. The van der Waals surface area contributed by atoms with Crippen LogP contribution in [0.3, 0.4) is 0 Å². The van der Waals surface area contributed by atoms with Crippen LogP contribution in [-0.2, 0) is 6.61 Å². The Kier molecular flexibility index (Phi) is 4.41. The maximum atomic E-state index is 10.6. The Morgan fingerprint density at radius 2 is 1.85 bits per heavy atom. The van der Waals surface area contributed by atoms with Crippen LogP contribution >= 0.6 is 0 Å². The maximum absolute atomic E-state index is 10.6. The van der Waals surface area contributed by atoms with E-state index in [1.54, 1.807) is 18.2 Å². The molecule has 0 fully saturated rings. The first kappa shape index (κ1) is 14.1. The summed E-state index contributed by atoms with van der Waals surface area (Å²) in [6, 6.07) is 13.4. The molecule has 0 bridgehead atoms. The molecule has 0 aliphatic rings. The number of hydrogen-bond donors (Lipinski definition) is 1. The zero-order valence-electron chi connectivity index (χ0n) is 11.8. The maximum Gasteiger partial charge on any atom is 0.150 e. The van der Waals surface area contributed by atoms with Crippen molar-refractivity contribution in [3.8, 4) is 5.75 Å². The molecule has 2 rings (SSSR count). The standard InChI is InChI=1S/C17H19NO2/c1-12(2)15-6-3-13(4-7-15)11-20-17-8-5-14(10-19)9-16(17)18/h3-10,12H,11,18H2,1-2H3. The van der Waals surface area contributed by atoms with Crippen LogP contribution in [0.5, 0.6) is 5.75 Å². The number of hydrogen-bond acceptors (Lipinski definition) is 3. The average molecular weight is 269 g/mol. The molecule has 2 N–H and O–H groups in total. The largest absolute Gasteiger partial charge is 0.487 e. The van der Waals surface area contributed by atoms with E-state index in [0.717, 1.165) is 11.8 Å². The van der Waals surface area contributed by atoms with E-state index in [0.29, 0.717) is 29.5 Å². The third-order valence-electron chi connectivity index (χ3n) is 3.21. The second-order valence-corrected chi connectivity index (χ2v) is 5.10. The highest BCUT2D eigenvalue weighted by molar-refractivity contribution is 5.78. The smallest absolute Gasteiger partial charge is 0.150 e. The van der Waals surface area contributed by atoms with Crippen LogP contribution in [-0.4, -0.2) is 6.29 Å². The van der Waals surface area contributed by atoms with Crippen LogP contribution in [0.25, 0.3) is 0 Å². The lowest BCUT2D eigenvalue weighted by atomic mass is 10.0. The molecule has 3 nitrogen and oxygen atoms in total. The quantitative estimate of drug-likeness (QED) is 0.663. The predicted octanol–water partition coefficient (Wildman–Crippen LogP) is 3.78. The fourth-order valence-corrected chi connectivity index (χ4v) is 1.93. The Balaban J connectivity index is 2.03. The fourth-order valence-electron chi connectivity index (χ4n) is 1.93. The Bertz CT molecular complexity index is 588. The van der Waals surface area contributed by atoms with E-state index in [2.05, 4.69) is 38.1 Å². The van der Waals surface area contributed by atoms with Gasteiger partial charge in [-0.1, -0.05) is 38.1 Å². The van der Waals surface area contributed by atoms with Crippen molar-refractivity contribution in [3.05, 3.63) is 59.2 Å². The third kappa shape index (κ3) is 3.38. The fraction of sp³-hybridized carbons (Fsp3) is 0.235. The number of nitrogen functional groups attached to an aromatic ring is 1. The highest BCUT2D eigenvalue weighted by Gasteiger charge is 2.03. The zero-order chi connectivity index (χ0) is 14.5. The molecule has 20 heavy (non-hydrogen) atoms. The van der Waals surface area contributed by atoms with Gasteiger partial charge in [0.2, 0.25) is 0 Å². The van der Waals surface area contributed by atoms with Gasteiger partial charge >= 0.3 is 0 Å². The number of ether oxygens (including phenoxy) is 1. The Labute approximate surface area is 119 Å². The Morgan fingerprint density at radius 1 is 1.15 bits per heavy atom. The van der Waals surface area contributed by atoms with Crippen LogP contribution in [0, 0.1) is 0 Å². The van der Waals surface area contributed by atoms with Gasteiger partial charge in [0.05, 0.1) is 5.69 Å². The number of nitrogens with two attached hydrogens (primary N) is 1. The summed E-state index contributed by atoms with van der Waals surface area (Å²) in [5, 5.41) is 0. The molecular weight excluding hydrogens is 250 g/mol. The molecule has 0 unspecified atom stereocenters. The van der Waals surface area contributed by atoms with Crippen LogP contribution in [0.2, 0.25) is 0 Å². The van der Waals surface area contributed by atoms with Gasteiger partial charge in [-0.05, 0) is 35.2 Å². The van der Waals surface area contributed by atoms with Gasteiger partial charge in [0.15, 0.2) is 0 Å². The minimum atomic E-state index is 0.461. The molecule has 0 saturated carbocycles. The summed E-state index contributed by atoms with van der Waals surface area (Å²) in [6.07, 6.45) is 0.769. The number of anilines is 1. The van der Waals surface area contributed by atoms with E-state index in [-0.39, 0.29) is 0 Å². The molecule has 104 valence electrons. The first-order chi connectivity index (χ1) is 9.60. The van der Waals surface area contributed by atoms with E-state index in [4.69, 9.17) is 10.5 Å². The van der Waals surface area contributed by atoms with Crippen LogP contribution in [0.1, 0.15) is 41.3 Å². The van der Waals surface area contributed by atoms with Crippen molar-refractivity contribution in [1.29, 1.82) is 0 Å². The van der Waals surface area contributed by atoms with Crippen molar-refractivity contribution in [2.75, 3.05) is 5.73 Å². The molecule has 0 radical (unpaired) electrons. The Hall–Kier alpha value is -2.29. The number of rotatable bonds is 5. The predicted molar refractivity (Wildman–Crippen MR) is 81.1 cm³/mol. The van der Waals surface area contributed by atoms with Crippen LogP contribution in [0.4, 0.5) is 5.69 Å². The molecule has 2 aromatic rings. The van der Waals surface area contributed by atoms with Gasteiger partial charge in [-0.2, -0.15) is 0 Å². The first-order valence-electron chi connectivity index (χ1n) is 6.66. The van der Waals surface area contributed by atoms with Gasteiger partial charge in [0, 0.05) is 5.56 Å². The number of benzene rings is 2. The summed E-state index contributed by atoms with van der Waals surface area (Å²) < 4.78 is 5.68. The van der Waals surface area contributed by atoms with Gasteiger partial charge in [-0.25, -0.2) is 0 Å². The van der Waals surface area contributed by atoms with E-state index < -0.39 is 0 Å². The van der Waals surface area contributed by atoms with Gasteiger partial charge < -0.3 is 10.5 Å². The summed E-state index contributed by atoms with van der Waals surface area (Å²) in [4.78, 5) is 10.6. The normalized spacial score (nSPS) is 10.6. The van der Waals surface area contributed by atoms with E-state index in [9.17, 15) is 4.79 Å². The SMILES string of the molecule is CC(C)c1ccc(COc2ccc(C=O)cc2N)cc1. The lowest BCUT2D eigenvalue weighted by Crippen LogP contribution is -2.00. The molecule has 0 aliphatic carbocycles. The molecule has 0 aromatic heterocycles. The second-order valence-electron chi connectivity index (χ2n) is 5.10. The topological polar surface area (TPSA) is 52.3 Å². The highest BCUT2D eigenvalue weighted by Crippen LogP contribution is 2.23. The summed E-state index contributed by atoms with van der Waals surface area (Å²) in [5.41, 5.74) is 9.27. The van der Waals surface area contributed by atoms with Crippen molar-refractivity contribution < 1.29 is 9.53 Å². The van der Waals surface area contributed by atoms with Crippen LogP contribution < -0.4 is 10.5 Å². The van der Waals surface area contributed by atoms with E-state index in [1.165, 1.54) is 5.56 Å². The summed E-state index contributed by atoms with van der Waals surface area (Å²) in [6.45, 7) is 4.80. The van der Waals surface area contributed by atoms with Gasteiger partial charge in [0.25, 0.3) is 0 Å². The molecule has 0 aliphatic heterocycles. The lowest BCUT2D eigenvalue weighted by Gasteiger charge is -2.10. The molecule has 2 aromatic carbocycles. The van der Waals surface area contributed by atoms with E-state index in [1.807, 2.05) is 0 Å². The first-order valence-corrected chi connectivity index (χ1v) is 6.66. The highest BCUT2D eigenvalue weighted by atomic mass is 16.5. The monoisotopic (exact) mass is 269 g/mol. The van der Waals surface area contributed by atoms with Crippen LogP contribution in [0.15, 0.2) is 42.5 Å². The van der Waals surface area contributed by atoms with Crippen molar-refractivity contribution in [2.45, 2.75) is 26.4 Å². The minimum Gasteiger partial charge on any atom is -0.487 e. The van der Waals surface area contributed by atoms with Crippen molar-refractivity contribution in [1.82, 2.24) is 0 Å². The van der Waals surface area contributed by atoms with E-state index >= 15 is 0 Å². The summed E-state index contributed by atoms with van der Waals surface area (Å²) in [7, 11) is 0. The zero-order valence-corrected chi connectivity index (χ0v) is 11.8. The van der Waals surface area contributed by atoms with Crippen molar-refractivity contribution >= 4 is 12.0 Å². The molecular formula is C17H19NO2. The molecule has 3 heteroatoms. The summed E-state index contributed by atoms with van der Waals surface area (Å²) >= 11 is 0. The van der Waals surface area contributed by atoms with Crippen molar-refractivity contribution in [2.24, 2.45) is 0 Å². The molecule has 0 atom stereocenters. The van der Waals surface area contributed by atoms with Crippen molar-refractivity contribution in [3.63, 3.8) is 0 Å². The summed E-state index contributed by atoms with van der Waals surface area (Å²) in [5.74, 6) is 1.13. The molecule has 0 amide bonds. The number of carbonyl (C=O) groups is 1. The third-order valence-corrected chi connectivity index (χ3v) is 3.21. The Morgan fingerprint density at radius 3 is 2.40 bits per heavy atom. The molecule has 0 saturated heterocycles. The molecule has 0 heterocycles. The van der Waals surface area contributed by atoms with Gasteiger partial charge in [-0.3, -0.25) is 4.79 Å². The lowest BCUT2D eigenvalue weighted by molar-refractivity contribution is 0.112. The minimum absolute atomic E-state index is 0.461. The van der Waals surface area contributed by atoms with Gasteiger partial charge in [-0.15, -0.1) is 0 Å². The number of aldehydes is 1. The second kappa shape index (κ2) is 6.24. The number of carbonyl (C=O) groups excluding carboxylic acids is 1. The molecule has 0 spiro atoms. The van der Waals surface area contributed by atoms with Gasteiger partial charge in [0.1, 0.15) is 18.6 Å².